The zero-order valence-electron chi connectivity index (χ0n) is 34.5. The summed E-state index contributed by atoms with van der Waals surface area (Å²) in [6, 6.07) is 20.6. The van der Waals surface area contributed by atoms with Gasteiger partial charge in [-0.2, -0.15) is 33.9 Å². The highest BCUT2D eigenvalue weighted by atomic mass is 19.4. The van der Waals surface area contributed by atoms with E-state index in [0.717, 1.165) is 37.8 Å². The first kappa shape index (κ1) is 44.5. The molecule has 3 atom stereocenters. The van der Waals surface area contributed by atoms with Gasteiger partial charge in [-0.25, -0.2) is 14.5 Å². The van der Waals surface area contributed by atoms with Crippen LogP contribution in [0.1, 0.15) is 84.8 Å². The zero-order valence-corrected chi connectivity index (χ0v) is 34.5. The van der Waals surface area contributed by atoms with Gasteiger partial charge in [0.1, 0.15) is 53.5 Å². The molecular weight excluding hydrogens is 839 g/mol. The second-order valence-electron chi connectivity index (χ2n) is 15.3. The van der Waals surface area contributed by atoms with Gasteiger partial charge in [0.05, 0.1) is 53.4 Å². The summed E-state index contributed by atoms with van der Waals surface area (Å²) < 4.78 is 75.5. The molecule has 0 saturated heterocycles. The van der Waals surface area contributed by atoms with E-state index in [1.54, 1.807) is 17.8 Å². The second-order valence-corrected chi connectivity index (χ2v) is 15.3. The number of aromatic amines is 1. The SMILES string of the molecule is Cn1ncnc1[C@H]1c2n[nH]c(=O)c3cc(F)cc(c23)N[C@@H]1c1ccc(OCCCCCCCOc2cc(NC(=O)[C@](C)(O)COc3ccc(C#N)cc3)cc(C(F)(F)F)c2C#N)cc1. The first-order valence-corrected chi connectivity index (χ1v) is 20.2. The molecule has 0 aliphatic carbocycles. The number of unbranched alkanes of at least 4 members (excludes halogenated alkanes) is 4. The van der Waals surface area contributed by atoms with Gasteiger partial charge in [-0.1, -0.05) is 31.4 Å². The van der Waals surface area contributed by atoms with Crippen molar-refractivity contribution < 1.29 is 41.7 Å². The van der Waals surface area contributed by atoms with Crippen molar-refractivity contribution in [3.63, 3.8) is 0 Å². The number of nitriles is 2. The molecule has 1 amide bonds. The molecule has 1 aliphatic rings. The molecule has 330 valence electrons. The molecule has 7 rings (SSSR count). The minimum absolute atomic E-state index is 0.000585. The van der Waals surface area contributed by atoms with Gasteiger partial charge in [0.2, 0.25) is 0 Å². The summed E-state index contributed by atoms with van der Waals surface area (Å²) in [5.41, 5.74) is -2.89. The third-order valence-corrected chi connectivity index (χ3v) is 10.7. The van der Waals surface area contributed by atoms with Crippen molar-refractivity contribution in [2.75, 3.05) is 30.5 Å². The number of halogens is 4. The summed E-state index contributed by atoms with van der Waals surface area (Å²) in [6.45, 7) is 0.997. The van der Waals surface area contributed by atoms with Crippen LogP contribution in [0.4, 0.5) is 28.9 Å². The Bertz CT molecular complexity index is 2800. The molecule has 0 unspecified atom stereocenters. The van der Waals surface area contributed by atoms with Crippen molar-refractivity contribution in [1.29, 1.82) is 10.5 Å². The van der Waals surface area contributed by atoms with Crippen LogP contribution in [-0.4, -0.2) is 61.4 Å². The molecule has 4 aromatic carbocycles. The quantitative estimate of drug-likeness (QED) is 0.0520. The van der Waals surface area contributed by atoms with E-state index in [2.05, 4.69) is 30.9 Å². The van der Waals surface area contributed by atoms with Crippen LogP contribution in [0.2, 0.25) is 0 Å². The number of hydrogen-bond donors (Lipinski definition) is 4. The van der Waals surface area contributed by atoms with Crippen LogP contribution >= 0.6 is 0 Å². The molecule has 2 aromatic heterocycles. The number of benzene rings is 4. The van der Waals surface area contributed by atoms with Crippen molar-refractivity contribution in [1.82, 2.24) is 25.0 Å². The molecule has 0 bridgehead atoms. The maximum Gasteiger partial charge on any atom is 0.417 e. The minimum atomic E-state index is -4.95. The summed E-state index contributed by atoms with van der Waals surface area (Å²) in [6.07, 6.45) is -0.103. The Balaban J connectivity index is 0.892. The highest BCUT2D eigenvalue weighted by Crippen LogP contribution is 2.46. The number of carbonyl (C=O) groups is 1. The van der Waals surface area contributed by atoms with Gasteiger partial charge in [-0.3, -0.25) is 14.3 Å². The van der Waals surface area contributed by atoms with E-state index >= 15 is 0 Å². The lowest BCUT2D eigenvalue weighted by Crippen LogP contribution is -2.45. The van der Waals surface area contributed by atoms with Crippen molar-refractivity contribution in [3.8, 4) is 29.4 Å². The molecule has 0 spiro atoms. The fourth-order valence-corrected chi connectivity index (χ4v) is 7.37. The number of anilines is 2. The molecule has 64 heavy (non-hydrogen) atoms. The molecule has 0 fully saturated rings. The predicted octanol–water partition coefficient (Wildman–Crippen LogP) is 7.43. The minimum Gasteiger partial charge on any atom is -0.494 e. The lowest BCUT2D eigenvalue weighted by atomic mass is 9.83. The molecule has 3 heterocycles. The van der Waals surface area contributed by atoms with Crippen molar-refractivity contribution in [3.05, 3.63) is 129 Å². The lowest BCUT2D eigenvalue weighted by Gasteiger charge is -2.33. The van der Waals surface area contributed by atoms with Crippen LogP contribution in [0, 0.1) is 28.5 Å². The highest BCUT2D eigenvalue weighted by Gasteiger charge is 2.39. The number of nitrogens with one attached hydrogen (secondary N) is 3. The average molecular weight is 880 g/mol. The largest absolute Gasteiger partial charge is 0.494 e. The predicted molar refractivity (Wildman–Crippen MR) is 224 cm³/mol. The molecule has 1 aliphatic heterocycles. The van der Waals surface area contributed by atoms with Crippen molar-refractivity contribution in [2.24, 2.45) is 7.05 Å². The molecule has 0 saturated carbocycles. The third kappa shape index (κ3) is 9.90. The van der Waals surface area contributed by atoms with Gasteiger partial charge in [0, 0.05) is 29.9 Å². The van der Waals surface area contributed by atoms with Crippen LogP contribution in [0.15, 0.2) is 83.9 Å². The summed E-state index contributed by atoms with van der Waals surface area (Å²) >= 11 is 0. The van der Waals surface area contributed by atoms with E-state index in [0.29, 0.717) is 59.4 Å². The van der Waals surface area contributed by atoms with Gasteiger partial charge in [-0.15, -0.1) is 0 Å². The molecule has 6 aromatic rings. The monoisotopic (exact) mass is 879 g/mol. The van der Waals surface area contributed by atoms with Crippen LogP contribution < -0.4 is 30.4 Å². The topological polar surface area (TPSA) is 213 Å². The Morgan fingerprint density at radius 1 is 0.922 bits per heavy atom. The number of alkyl halides is 3. The molecule has 0 radical (unpaired) electrons. The Hall–Kier alpha value is -7.51. The first-order chi connectivity index (χ1) is 30.7. The second kappa shape index (κ2) is 18.9. The first-order valence-electron chi connectivity index (χ1n) is 20.2. The number of hydrogen-bond acceptors (Lipinski definition) is 12. The van der Waals surface area contributed by atoms with E-state index in [1.165, 1.54) is 42.7 Å². The Morgan fingerprint density at radius 3 is 2.25 bits per heavy atom. The van der Waals surface area contributed by atoms with Crippen LogP contribution in [0.3, 0.4) is 0 Å². The smallest absolute Gasteiger partial charge is 0.417 e. The average Bonchev–Trinajstić information content (AvgIpc) is 3.70. The van der Waals surface area contributed by atoms with Crippen LogP contribution in [0.25, 0.3) is 10.8 Å². The standard InChI is InChI=1S/C45H41F4N9O6/c1-44(61,24-64-31-12-8-26(22-50)9-13-31)43(60)54-29-20-34(45(47,48)49)33(23-51)36(21-29)63-17-7-5-3-4-6-16-62-30-14-10-27(11-15-30)39-38(41-52-25-53-58(41)2)40-37-32(42(59)57-56-40)18-28(46)19-35(37)55-39/h8-15,18-21,25,38-39,55,61H,3-7,16-17,24H2,1-2H3,(H,54,60)(H,57,59)/t38-,39-,44-/m1/s1. The van der Waals surface area contributed by atoms with Crippen molar-refractivity contribution >= 4 is 28.1 Å². The Morgan fingerprint density at radius 2 is 1.59 bits per heavy atom. The number of nitrogens with zero attached hydrogens (tertiary/aromatic N) is 6. The van der Waals surface area contributed by atoms with Gasteiger partial charge < -0.3 is 30.0 Å². The molecule has 19 heteroatoms. The maximum atomic E-state index is 14.6. The van der Waals surface area contributed by atoms with E-state index in [-0.39, 0.29) is 29.2 Å². The summed E-state index contributed by atoms with van der Waals surface area (Å²) in [7, 11) is 1.76. The van der Waals surface area contributed by atoms with E-state index in [4.69, 9.17) is 19.5 Å². The Kier molecular flexibility index (Phi) is 13.1. The maximum absolute atomic E-state index is 14.6. The van der Waals surface area contributed by atoms with Gasteiger partial charge >= 0.3 is 6.18 Å². The number of aliphatic hydroxyl groups is 1. The number of rotatable bonds is 17. The van der Waals surface area contributed by atoms with Gasteiger partial charge in [0.15, 0.2) is 5.60 Å². The van der Waals surface area contributed by atoms with Gasteiger partial charge in [0.25, 0.3) is 11.5 Å². The summed E-state index contributed by atoms with van der Waals surface area (Å²) in [5.74, 6) is -0.995. The molecular formula is C45H41F4N9O6. The fourth-order valence-electron chi connectivity index (χ4n) is 7.37. The normalized spacial score (nSPS) is 15.3. The van der Waals surface area contributed by atoms with Crippen LogP contribution in [-0.2, 0) is 18.0 Å². The summed E-state index contributed by atoms with van der Waals surface area (Å²) in [4.78, 5) is 30.0. The number of aryl methyl sites for hydroxylation is 1. The number of aromatic nitrogens is 5. The lowest BCUT2D eigenvalue weighted by molar-refractivity contribution is -0.138. The van der Waals surface area contributed by atoms with Crippen LogP contribution in [0.5, 0.6) is 17.2 Å². The van der Waals surface area contributed by atoms with Gasteiger partial charge in [-0.05, 0) is 79.9 Å². The van der Waals surface area contributed by atoms with E-state index in [1.807, 2.05) is 30.3 Å². The Labute approximate surface area is 363 Å². The fraction of sp³-hybridized carbons (Fsp3) is 0.311. The number of ether oxygens (including phenoxy) is 3. The van der Waals surface area contributed by atoms with E-state index in [9.17, 15) is 37.5 Å². The summed E-state index contributed by atoms with van der Waals surface area (Å²) in [5, 5.41) is 46.9. The molecule has 15 nitrogen and oxygen atoms in total. The zero-order chi connectivity index (χ0) is 45.6. The highest BCUT2D eigenvalue weighted by molar-refractivity contribution is 5.98. The number of H-pyrrole nitrogens is 1. The number of amides is 1. The van der Waals surface area contributed by atoms with E-state index < -0.39 is 58.8 Å². The molecule has 4 N–H and O–H groups in total. The third-order valence-electron chi connectivity index (χ3n) is 10.7. The van der Waals surface area contributed by atoms with Crippen molar-refractivity contribution in [2.45, 2.75) is 62.8 Å². The number of carbonyl (C=O) groups excluding carboxylic acids is 1.